The molecule has 0 atom stereocenters. The molecule has 1 aromatic rings. The number of benzene rings is 1. The van der Waals surface area contributed by atoms with Gasteiger partial charge in [-0.1, -0.05) is 12.1 Å². The summed E-state index contributed by atoms with van der Waals surface area (Å²) in [5.41, 5.74) is 0.874. The molecule has 2 aliphatic rings. The average Bonchev–Trinajstić information content (AvgIpc) is 2.72. The first kappa shape index (κ1) is 22.6. The number of piperazine rings is 1. The molecule has 0 aromatic heterocycles. The molecule has 0 unspecified atom stereocenters. The van der Waals surface area contributed by atoms with Crippen molar-refractivity contribution in [2.45, 2.75) is 26.2 Å². The predicted molar refractivity (Wildman–Crippen MR) is 124 cm³/mol. The number of halogens is 1. The molecule has 0 saturated carbocycles. The van der Waals surface area contributed by atoms with Crippen molar-refractivity contribution in [3.05, 3.63) is 24.3 Å². The monoisotopic (exact) mass is 501 g/mol. The summed E-state index contributed by atoms with van der Waals surface area (Å²) in [6, 6.07) is 7.45. The summed E-state index contributed by atoms with van der Waals surface area (Å²) in [4.78, 5) is 23.3. The van der Waals surface area contributed by atoms with Crippen molar-refractivity contribution < 1.29 is 9.90 Å². The van der Waals surface area contributed by atoms with Crippen LogP contribution in [-0.4, -0.2) is 79.1 Å². The smallest absolute Gasteiger partial charge is 0.244 e. The van der Waals surface area contributed by atoms with E-state index in [1.54, 1.807) is 6.07 Å². The van der Waals surface area contributed by atoms with Gasteiger partial charge < -0.3 is 25.1 Å². The van der Waals surface area contributed by atoms with E-state index in [0.717, 1.165) is 70.3 Å². The Labute approximate surface area is 184 Å². The average molecular weight is 501 g/mol. The van der Waals surface area contributed by atoms with Crippen LogP contribution >= 0.6 is 24.0 Å². The maximum absolute atomic E-state index is 12.4. The van der Waals surface area contributed by atoms with Gasteiger partial charge in [-0.05, 0) is 38.3 Å². The normalized spacial score (nSPS) is 17.9. The second-order valence-electron chi connectivity index (χ2n) is 7.07. The molecule has 28 heavy (non-hydrogen) atoms. The zero-order chi connectivity index (χ0) is 19.1. The molecule has 3 rings (SSSR count). The Balaban J connectivity index is 0.00000280. The van der Waals surface area contributed by atoms with E-state index in [1.165, 1.54) is 6.42 Å². The van der Waals surface area contributed by atoms with E-state index in [-0.39, 0.29) is 36.4 Å². The minimum Gasteiger partial charge on any atom is -0.506 e. The molecule has 0 radical (unpaired) electrons. The number of para-hydroxylation sites is 2. The van der Waals surface area contributed by atoms with E-state index in [0.29, 0.717) is 5.75 Å². The number of nitrogens with zero attached hydrogens (tertiary/aromatic N) is 4. The number of hydrogen-bond donors (Lipinski definition) is 2. The number of rotatable bonds is 4. The Kier molecular flexibility index (Phi) is 9.14. The topological polar surface area (TPSA) is 71.4 Å². The first-order chi connectivity index (χ1) is 13.2. The molecule has 0 bridgehead atoms. The van der Waals surface area contributed by atoms with E-state index in [9.17, 15) is 9.90 Å². The van der Waals surface area contributed by atoms with Crippen LogP contribution in [0, 0.1) is 0 Å². The van der Waals surface area contributed by atoms with E-state index in [4.69, 9.17) is 0 Å². The number of hydrogen-bond acceptors (Lipinski definition) is 4. The van der Waals surface area contributed by atoms with Crippen LogP contribution in [0.25, 0.3) is 0 Å². The Morgan fingerprint density at radius 2 is 1.71 bits per heavy atom. The van der Waals surface area contributed by atoms with Gasteiger partial charge in [0.2, 0.25) is 5.91 Å². The third-order valence-electron chi connectivity index (χ3n) is 5.21. The molecule has 2 heterocycles. The number of carbonyl (C=O) groups excluding carboxylic acids is 1. The van der Waals surface area contributed by atoms with Gasteiger partial charge in [-0.2, -0.15) is 0 Å². The van der Waals surface area contributed by atoms with E-state index >= 15 is 0 Å². The number of piperidine rings is 1. The Morgan fingerprint density at radius 1 is 1.04 bits per heavy atom. The Hall–Kier alpha value is -1.71. The Bertz CT molecular complexity index is 656. The molecule has 7 nitrogen and oxygen atoms in total. The van der Waals surface area contributed by atoms with Crippen LogP contribution in [0.3, 0.4) is 0 Å². The van der Waals surface area contributed by atoms with Crippen LogP contribution in [0.15, 0.2) is 29.3 Å². The molecule has 8 heteroatoms. The van der Waals surface area contributed by atoms with Gasteiger partial charge in [0.15, 0.2) is 5.96 Å². The molecular formula is C20H32IN5O2. The predicted octanol–water partition coefficient (Wildman–Crippen LogP) is 2.11. The van der Waals surface area contributed by atoms with Crippen molar-refractivity contribution >= 4 is 41.5 Å². The summed E-state index contributed by atoms with van der Waals surface area (Å²) in [7, 11) is 0. The summed E-state index contributed by atoms with van der Waals surface area (Å²) in [6.45, 7) is 7.98. The van der Waals surface area contributed by atoms with Crippen molar-refractivity contribution in [3.8, 4) is 5.75 Å². The highest BCUT2D eigenvalue weighted by Gasteiger charge is 2.22. The molecule has 1 aromatic carbocycles. The first-order valence-electron chi connectivity index (χ1n) is 10.0. The fourth-order valence-corrected chi connectivity index (χ4v) is 3.70. The zero-order valence-electron chi connectivity index (χ0n) is 16.6. The summed E-state index contributed by atoms with van der Waals surface area (Å²) >= 11 is 0. The summed E-state index contributed by atoms with van der Waals surface area (Å²) in [5.74, 6) is 1.25. The number of likely N-dealkylation sites (tertiary alicyclic amines) is 1. The molecule has 2 saturated heterocycles. The van der Waals surface area contributed by atoms with Crippen LogP contribution < -0.4 is 10.2 Å². The number of aromatic hydroxyl groups is 1. The largest absolute Gasteiger partial charge is 0.506 e. The number of nitrogens with one attached hydrogen (secondary N) is 1. The maximum Gasteiger partial charge on any atom is 0.244 e. The quantitative estimate of drug-likeness (QED) is 0.376. The van der Waals surface area contributed by atoms with Crippen molar-refractivity contribution in [2.24, 2.45) is 4.99 Å². The lowest BCUT2D eigenvalue weighted by Gasteiger charge is -2.38. The van der Waals surface area contributed by atoms with E-state index in [1.807, 2.05) is 30.0 Å². The SMILES string of the molecule is CCNC(=NCC(=O)N1CCCCC1)N1CCN(c2ccccc2O)CC1.I. The molecule has 1 amide bonds. The lowest BCUT2D eigenvalue weighted by Crippen LogP contribution is -2.53. The van der Waals surface area contributed by atoms with Gasteiger partial charge in [-0.25, -0.2) is 4.99 Å². The van der Waals surface area contributed by atoms with Crippen molar-refractivity contribution in [1.82, 2.24) is 15.1 Å². The molecule has 2 aliphatic heterocycles. The van der Waals surface area contributed by atoms with E-state index < -0.39 is 0 Å². The number of anilines is 1. The second kappa shape index (κ2) is 11.3. The van der Waals surface area contributed by atoms with Gasteiger partial charge in [0.1, 0.15) is 12.3 Å². The number of amides is 1. The third kappa shape index (κ3) is 5.89. The van der Waals surface area contributed by atoms with Crippen LogP contribution in [0.5, 0.6) is 5.75 Å². The highest BCUT2D eigenvalue weighted by Crippen LogP contribution is 2.27. The zero-order valence-corrected chi connectivity index (χ0v) is 19.0. The number of phenolic OH excluding ortho intramolecular Hbond substituents is 1. The minimum atomic E-state index is 0. The fourth-order valence-electron chi connectivity index (χ4n) is 3.70. The molecule has 156 valence electrons. The number of carbonyl (C=O) groups is 1. The number of aliphatic imine (C=N–C) groups is 1. The maximum atomic E-state index is 12.4. The van der Waals surface area contributed by atoms with Gasteiger partial charge in [-0.3, -0.25) is 4.79 Å². The van der Waals surface area contributed by atoms with Gasteiger partial charge in [0.05, 0.1) is 5.69 Å². The van der Waals surface area contributed by atoms with E-state index in [2.05, 4.69) is 20.1 Å². The molecule has 2 N–H and O–H groups in total. The summed E-state index contributed by atoms with van der Waals surface area (Å²) < 4.78 is 0. The standard InChI is InChI=1S/C20H31N5O2.HI/c1-2-21-20(22-16-19(27)24-10-6-3-7-11-24)25-14-12-23(13-15-25)17-8-4-5-9-18(17)26;/h4-5,8-9,26H,2-3,6-7,10-16H2,1H3,(H,21,22);1H. The second-order valence-corrected chi connectivity index (χ2v) is 7.07. The highest BCUT2D eigenvalue weighted by molar-refractivity contribution is 14.0. The molecule has 2 fully saturated rings. The van der Waals surface area contributed by atoms with Gasteiger partial charge >= 0.3 is 0 Å². The van der Waals surface area contributed by atoms with Crippen LogP contribution in [0.1, 0.15) is 26.2 Å². The lowest BCUT2D eigenvalue weighted by molar-refractivity contribution is -0.130. The molecular weight excluding hydrogens is 469 g/mol. The lowest BCUT2D eigenvalue weighted by atomic mass is 10.1. The Morgan fingerprint density at radius 3 is 2.36 bits per heavy atom. The van der Waals surface area contributed by atoms with Crippen LogP contribution in [0.2, 0.25) is 0 Å². The third-order valence-corrected chi connectivity index (χ3v) is 5.21. The highest BCUT2D eigenvalue weighted by atomic mass is 127. The van der Waals surface area contributed by atoms with Crippen molar-refractivity contribution in [3.63, 3.8) is 0 Å². The minimum absolute atomic E-state index is 0. The summed E-state index contributed by atoms with van der Waals surface area (Å²) in [5, 5.41) is 13.4. The summed E-state index contributed by atoms with van der Waals surface area (Å²) in [6.07, 6.45) is 3.42. The van der Waals surface area contributed by atoms with Gasteiger partial charge in [-0.15, -0.1) is 24.0 Å². The number of phenols is 1. The molecule has 0 spiro atoms. The first-order valence-corrected chi connectivity index (χ1v) is 10.0. The molecule has 0 aliphatic carbocycles. The number of guanidine groups is 1. The fraction of sp³-hybridized carbons (Fsp3) is 0.600. The van der Waals surface area contributed by atoms with Crippen molar-refractivity contribution in [2.75, 3.05) is 57.3 Å². The van der Waals surface area contributed by atoms with Gasteiger partial charge in [0.25, 0.3) is 0 Å². The van der Waals surface area contributed by atoms with Crippen molar-refractivity contribution in [1.29, 1.82) is 0 Å². The van der Waals surface area contributed by atoms with Gasteiger partial charge in [0, 0.05) is 45.8 Å². The van der Waals surface area contributed by atoms with Crippen LogP contribution in [0.4, 0.5) is 5.69 Å². The van der Waals surface area contributed by atoms with Crippen LogP contribution in [-0.2, 0) is 4.79 Å².